The molecule has 0 radical (unpaired) electrons. The highest BCUT2D eigenvalue weighted by atomic mass is 19.4. The molecule has 0 atom stereocenters. The van der Waals surface area contributed by atoms with E-state index in [0.29, 0.717) is 13.1 Å². The lowest BCUT2D eigenvalue weighted by atomic mass is 10.2. The highest BCUT2D eigenvalue weighted by Gasteiger charge is 2.32. The molecule has 0 spiro atoms. The Hall–Kier alpha value is -1.59. The molecular weight excluding hydrogens is 257 g/mol. The first-order chi connectivity index (χ1) is 8.98. The molecule has 1 aliphatic rings. The van der Waals surface area contributed by atoms with Crippen LogP contribution in [-0.4, -0.2) is 28.9 Å². The van der Waals surface area contributed by atoms with E-state index < -0.39 is 11.9 Å². The van der Waals surface area contributed by atoms with E-state index >= 15 is 0 Å². The van der Waals surface area contributed by atoms with Gasteiger partial charge in [0.25, 0.3) is 5.91 Å². The maximum Gasteiger partial charge on any atom is 0.433 e. The third-order valence-corrected chi connectivity index (χ3v) is 3.19. The maximum atomic E-state index is 12.4. The minimum atomic E-state index is -4.47. The Bertz CT molecular complexity index is 434. The van der Waals surface area contributed by atoms with Gasteiger partial charge in [0.1, 0.15) is 5.69 Å². The van der Waals surface area contributed by atoms with Gasteiger partial charge in [0.05, 0.1) is 5.56 Å². The number of amides is 1. The van der Waals surface area contributed by atoms with Crippen molar-refractivity contribution in [3.8, 4) is 0 Å². The molecule has 0 aliphatic carbocycles. The molecule has 1 aliphatic heterocycles. The summed E-state index contributed by atoms with van der Waals surface area (Å²) < 4.78 is 37.1. The molecule has 0 N–H and O–H groups in total. The van der Waals surface area contributed by atoms with Gasteiger partial charge in [-0.25, -0.2) is 0 Å². The average molecular weight is 272 g/mol. The molecule has 19 heavy (non-hydrogen) atoms. The zero-order valence-corrected chi connectivity index (χ0v) is 10.4. The van der Waals surface area contributed by atoms with Crippen molar-refractivity contribution in [3.63, 3.8) is 0 Å². The van der Waals surface area contributed by atoms with Crippen LogP contribution in [0.15, 0.2) is 18.3 Å². The number of hydrogen-bond acceptors (Lipinski definition) is 2. The monoisotopic (exact) mass is 272 g/mol. The summed E-state index contributed by atoms with van der Waals surface area (Å²) >= 11 is 0. The molecule has 3 nitrogen and oxygen atoms in total. The number of carbonyl (C=O) groups is 1. The van der Waals surface area contributed by atoms with E-state index in [1.165, 1.54) is 6.07 Å². The summed E-state index contributed by atoms with van der Waals surface area (Å²) in [6, 6.07) is 2.05. The molecule has 6 heteroatoms. The summed E-state index contributed by atoms with van der Waals surface area (Å²) in [7, 11) is 0. The second-order valence-corrected chi connectivity index (χ2v) is 4.64. The highest BCUT2D eigenvalue weighted by Crippen LogP contribution is 2.27. The predicted molar refractivity (Wildman–Crippen MR) is 63.6 cm³/mol. The quantitative estimate of drug-likeness (QED) is 0.787. The summed E-state index contributed by atoms with van der Waals surface area (Å²) in [5, 5.41) is 0. The van der Waals surface area contributed by atoms with Crippen molar-refractivity contribution in [3.05, 3.63) is 29.6 Å². The maximum absolute atomic E-state index is 12.4. The van der Waals surface area contributed by atoms with Crippen LogP contribution in [0.3, 0.4) is 0 Å². The lowest BCUT2D eigenvalue weighted by Gasteiger charge is -2.20. The molecule has 0 unspecified atom stereocenters. The van der Waals surface area contributed by atoms with Crippen molar-refractivity contribution in [2.45, 2.75) is 31.9 Å². The van der Waals surface area contributed by atoms with Crippen LogP contribution in [0.25, 0.3) is 0 Å². The summed E-state index contributed by atoms with van der Waals surface area (Å²) in [6.45, 7) is 1.33. The normalized spacial score (nSPS) is 17.1. The molecule has 1 aromatic rings. The van der Waals surface area contributed by atoms with E-state index in [1.807, 2.05) is 0 Å². The lowest BCUT2D eigenvalue weighted by Crippen LogP contribution is -2.32. The number of hydrogen-bond donors (Lipinski definition) is 0. The first kappa shape index (κ1) is 13.8. The zero-order valence-electron chi connectivity index (χ0n) is 10.4. The number of alkyl halides is 3. The van der Waals surface area contributed by atoms with Crippen LogP contribution >= 0.6 is 0 Å². The molecule has 1 fully saturated rings. The van der Waals surface area contributed by atoms with E-state index in [1.54, 1.807) is 4.90 Å². The molecule has 1 saturated heterocycles. The van der Waals surface area contributed by atoms with Gasteiger partial charge in [-0.15, -0.1) is 0 Å². The first-order valence-corrected chi connectivity index (χ1v) is 6.31. The topological polar surface area (TPSA) is 33.2 Å². The number of rotatable bonds is 1. The van der Waals surface area contributed by atoms with Gasteiger partial charge in [-0.3, -0.25) is 9.78 Å². The molecular formula is C13H15F3N2O. The Balaban J connectivity index is 2.10. The largest absolute Gasteiger partial charge is 0.433 e. The Kier molecular flexibility index (Phi) is 4.07. The van der Waals surface area contributed by atoms with Crippen LogP contribution in [0.4, 0.5) is 13.2 Å². The highest BCUT2D eigenvalue weighted by molar-refractivity contribution is 5.93. The average Bonchev–Trinajstić information content (AvgIpc) is 2.66. The number of pyridine rings is 1. The van der Waals surface area contributed by atoms with Crippen LogP contribution in [0.1, 0.15) is 41.7 Å². The summed E-state index contributed by atoms with van der Waals surface area (Å²) in [6.07, 6.45) is 0.615. The SMILES string of the molecule is O=C(c1ccc(C(F)(F)F)nc1)N1CCCCCC1. The Labute approximate surface area is 109 Å². The number of likely N-dealkylation sites (tertiary alicyclic amines) is 1. The third kappa shape index (κ3) is 3.45. The van der Waals surface area contributed by atoms with E-state index in [0.717, 1.165) is 37.9 Å². The van der Waals surface area contributed by atoms with Crippen molar-refractivity contribution in [2.75, 3.05) is 13.1 Å². The van der Waals surface area contributed by atoms with Crippen LogP contribution in [0, 0.1) is 0 Å². The Morgan fingerprint density at radius 3 is 2.21 bits per heavy atom. The Morgan fingerprint density at radius 1 is 1.11 bits per heavy atom. The smallest absolute Gasteiger partial charge is 0.339 e. The number of halogens is 3. The van der Waals surface area contributed by atoms with Gasteiger partial charge in [-0.05, 0) is 25.0 Å². The molecule has 0 saturated carbocycles. The molecule has 2 rings (SSSR count). The van der Waals surface area contributed by atoms with Crippen molar-refractivity contribution in [1.29, 1.82) is 0 Å². The van der Waals surface area contributed by atoms with Crippen molar-refractivity contribution >= 4 is 5.91 Å². The van der Waals surface area contributed by atoms with Crippen molar-refractivity contribution in [2.24, 2.45) is 0 Å². The molecule has 1 amide bonds. The zero-order chi connectivity index (χ0) is 13.9. The van der Waals surface area contributed by atoms with E-state index in [4.69, 9.17) is 0 Å². The van der Waals surface area contributed by atoms with Gasteiger partial charge in [0, 0.05) is 19.3 Å². The fourth-order valence-electron chi connectivity index (χ4n) is 2.14. The minimum absolute atomic E-state index is 0.218. The summed E-state index contributed by atoms with van der Waals surface area (Å²) in [4.78, 5) is 17.1. The van der Waals surface area contributed by atoms with Gasteiger partial charge in [0.15, 0.2) is 0 Å². The third-order valence-electron chi connectivity index (χ3n) is 3.19. The second-order valence-electron chi connectivity index (χ2n) is 4.64. The fraction of sp³-hybridized carbons (Fsp3) is 0.538. The molecule has 104 valence electrons. The van der Waals surface area contributed by atoms with Gasteiger partial charge in [0.2, 0.25) is 0 Å². The van der Waals surface area contributed by atoms with E-state index in [-0.39, 0.29) is 11.5 Å². The standard InChI is InChI=1S/C13H15F3N2O/c14-13(15,16)11-6-5-10(9-17-11)12(19)18-7-3-1-2-4-8-18/h5-6,9H,1-4,7-8H2. The Morgan fingerprint density at radius 2 is 1.74 bits per heavy atom. The van der Waals surface area contributed by atoms with E-state index in [9.17, 15) is 18.0 Å². The molecule has 0 aromatic carbocycles. The van der Waals surface area contributed by atoms with Crippen LogP contribution in [0.2, 0.25) is 0 Å². The van der Waals surface area contributed by atoms with Crippen molar-refractivity contribution < 1.29 is 18.0 Å². The van der Waals surface area contributed by atoms with E-state index in [2.05, 4.69) is 4.98 Å². The van der Waals surface area contributed by atoms with Gasteiger partial charge in [-0.2, -0.15) is 13.2 Å². The summed E-state index contributed by atoms with van der Waals surface area (Å²) in [5.41, 5.74) is -0.755. The van der Waals surface area contributed by atoms with Gasteiger partial charge < -0.3 is 4.90 Å². The fourth-order valence-corrected chi connectivity index (χ4v) is 2.14. The first-order valence-electron chi connectivity index (χ1n) is 6.31. The van der Waals surface area contributed by atoms with Gasteiger partial charge in [-0.1, -0.05) is 12.8 Å². The number of aromatic nitrogens is 1. The second kappa shape index (κ2) is 5.59. The molecule has 1 aromatic heterocycles. The van der Waals surface area contributed by atoms with Crippen LogP contribution < -0.4 is 0 Å². The van der Waals surface area contributed by atoms with Crippen LogP contribution in [-0.2, 0) is 6.18 Å². The molecule has 0 bridgehead atoms. The van der Waals surface area contributed by atoms with Gasteiger partial charge >= 0.3 is 6.18 Å². The number of nitrogens with zero attached hydrogens (tertiary/aromatic N) is 2. The molecule has 2 heterocycles. The predicted octanol–water partition coefficient (Wildman–Crippen LogP) is 3.12. The summed E-state index contributed by atoms with van der Waals surface area (Å²) in [5.74, 6) is -0.233. The van der Waals surface area contributed by atoms with Crippen LogP contribution in [0.5, 0.6) is 0 Å². The number of carbonyl (C=O) groups excluding carboxylic acids is 1. The lowest BCUT2D eigenvalue weighted by molar-refractivity contribution is -0.141. The van der Waals surface area contributed by atoms with Crippen molar-refractivity contribution in [1.82, 2.24) is 9.88 Å². The minimum Gasteiger partial charge on any atom is -0.339 e.